The first-order chi connectivity index (χ1) is 9.58. The van der Waals surface area contributed by atoms with Crippen LogP contribution >= 0.6 is 0 Å². The summed E-state index contributed by atoms with van der Waals surface area (Å²) in [5.74, 6) is -1.09. The first-order valence-corrected chi connectivity index (χ1v) is 7.19. The Hall–Kier alpha value is -2.05. The summed E-state index contributed by atoms with van der Waals surface area (Å²) < 4.78 is 12.6. The molecule has 0 spiro atoms. The maximum absolute atomic E-state index is 12.6. The highest BCUT2D eigenvalue weighted by atomic mass is 32.2. The van der Waals surface area contributed by atoms with Gasteiger partial charge in [-0.05, 0) is 24.3 Å². The van der Waals surface area contributed by atoms with Crippen molar-refractivity contribution in [1.29, 1.82) is 0 Å². The molecule has 0 aromatic heterocycles. The molecule has 3 rings (SSSR count). The number of Topliss-reactive ketones (excluding diaryl/α,β-unsaturated/α-hetero) is 1. The van der Waals surface area contributed by atoms with E-state index in [4.69, 9.17) is 5.11 Å². The van der Waals surface area contributed by atoms with Gasteiger partial charge in [-0.1, -0.05) is 6.08 Å². The van der Waals surface area contributed by atoms with E-state index in [0.29, 0.717) is 27.5 Å². The first kappa shape index (κ1) is 13.0. The monoisotopic (exact) mass is 289 g/mol. The summed E-state index contributed by atoms with van der Waals surface area (Å²) >= 11 is -1.47. The molecule has 1 aliphatic carbocycles. The molecule has 1 unspecified atom stereocenters. The van der Waals surface area contributed by atoms with Gasteiger partial charge < -0.3 is 15.0 Å². The highest BCUT2D eigenvalue weighted by molar-refractivity contribution is 7.95. The minimum atomic E-state index is -1.47. The van der Waals surface area contributed by atoms with Crippen molar-refractivity contribution in [2.45, 2.75) is 11.3 Å². The highest BCUT2D eigenvalue weighted by Crippen LogP contribution is 2.35. The van der Waals surface area contributed by atoms with E-state index in [2.05, 4.69) is 5.32 Å². The second-order valence-electron chi connectivity index (χ2n) is 4.51. The number of fused-ring (bicyclic) bond motifs is 1. The number of ketones is 1. The molecule has 1 aromatic carbocycles. The lowest BCUT2D eigenvalue weighted by Gasteiger charge is -2.14. The lowest BCUT2D eigenvalue weighted by Crippen LogP contribution is -2.17. The van der Waals surface area contributed by atoms with Crippen LogP contribution in [0.25, 0.3) is 0 Å². The van der Waals surface area contributed by atoms with E-state index in [0.717, 1.165) is 0 Å². The summed E-state index contributed by atoms with van der Waals surface area (Å²) in [6.07, 6.45) is 3.73. The number of carboxylic acid groups (broad SMARTS) is 1. The van der Waals surface area contributed by atoms with Crippen LogP contribution in [0.5, 0.6) is 0 Å². The third-order valence-corrected chi connectivity index (χ3v) is 4.83. The van der Waals surface area contributed by atoms with Crippen LogP contribution in [0.2, 0.25) is 0 Å². The van der Waals surface area contributed by atoms with Gasteiger partial charge in [0, 0.05) is 24.1 Å². The normalized spacial score (nSPS) is 20.9. The Morgan fingerprint density at radius 3 is 2.95 bits per heavy atom. The van der Waals surface area contributed by atoms with Gasteiger partial charge in [-0.2, -0.15) is 0 Å². The molecule has 0 saturated heterocycles. The largest absolute Gasteiger partial charge is 0.606 e. The quantitative estimate of drug-likeness (QED) is 0.768. The molecule has 1 aliphatic heterocycles. The molecule has 102 valence electrons. The van der Waals surface area contributed by atoms with Crippen LogP contribution in [0.1, 0.15) is 16.8 Å². The minimum Gasteiger partial charge on any atom is -0.606 e. The van der Waals surface area contributed by atoms with Crippen molar-refractivity contribution < 1.29 is 19.2 Å². The summed E-state index contributed by atoms with van der Waals surface area (Å²) in [5.41, 5.74) is 1.13. The van der Waals surface area contributed by atoms with Crippen molar-refractivity contribution in [2.75, 3.05) is 11.9 Å². The Morgan fingerprint density at radius 1 is 1.40 bits per heavy atom. The van der Waals surface area contributed by atoms with Crippen molar-refractivity contribution in [3.63, 3.8) is 0 Å². The van der Waals surface area contributed by atoms with E-state index in [1.165, 1.54) is 18.2 Å². The number of carboxylic acids is 1. The van der Waals surface area contributed by atoms with Crippen LogP contribution < -0.4 is 5.32 Å². The highest BCUT2D eigenvalue weighted by Gasteiger charge is 2.32. The van der Waals surface area contributed by atoms with E-state index in [-0.39, 0.29) is 17.9 Å². The lowest BCUT2D eigenvalue weighted by atomic mass is 10.0. The van der Waals surface area contributed by atoms with E-state index >= 15 is 0 Å². The van der Waals surface area contributed by atoms with E-state index in [1.54, 1.807) is 12.2 Å². The standard InChI is InChI=1S/C14H11NO4S/c16-11-2-1-3-12-9(11)7-15-10-6-8(14(17)18)4-5-13(10)20(12)19/h1,3-6,15H,2,7H2,(H,17,18). The number of anilines is 1. The van der Waals surface area contributed by atoms with Gasteiger partial charge in [0.1, 0.15) is 0 Å². The molecule has 0 saturated carbocycles. The number of nitrogens with one attached hydrogen (secondary N) is 1. The molecule has 1 atom stereocenters. The number of rotatable bonds is 1. The van der Waals surface area contributed by atoms with Crippen molar-refractivity contribution in [1.82, 2.24) is 0 Å². The van der Waals surface area contributed by atoms with Gasteiger partial charge in [-0.3, -0.25) is 4.79 Å². The van der Waals surface area contributed by atoms with Crippen LogP contribution in [0.4, 0.5) is 5.69 Å². The van der Waals surface area contributed by atoms with Gasteiger partial charge in [-0.25, -0.2) is 4.79 Å². The van der Waals surface area contributed by atoms with E-state index in [9.17, 15) is 14.1 Å². The fourth-order valence-electron chi connectivity index (χ4n) is 2.26. The molecule has 2 aliphatic rings. The Morgan fingerprint density at radius 2 is 2.20 bits per heavy atom. The number of hydrogen-bond acceptors (Lipinski definition) is 4. The maximum Gasteiger partial charge on any atom is 0.335 e. The molecule has 6 heteroatoms. The predicted molar refractivity (Wildman–Crippen MR) is 74.1 cm³/mol. The molecule has 2 N–H and O–H groups in total. The SMILES string of the molecule is O=C1CC=CC2=C1CNc1cc(C(=O)O)ccc1[S+]2[O-]. The van der Waals surface area contributed by atoms with Crippen molar-refractivity contribution in [3.8, 4) is 0 Å². The molecular formula is C14H11NO4S. The number of hydrogen-bond donors (Lipinski definition) is 2. The molecule has 0 fully saturated rings. The Labute approximate surface area is 118 Å². The Bertz CT molecular complexity index is 678. The average molecular weight is 289 g/mol. The van der Waals surface area contributed by atoms with Crippen LogP contribution in [0.15, 0.2) is 45.7 Å². The number of carbonyl (C=O) groups excluding carboxylic acids is 1. The van der Waals surface area contributed by atoms with E-state index in [1.807, 2.05) is 0 Å². The Balaban J connectivity index is 2.08. The summed E-state index contributed by atoms with van der Waals surface area (Å²) in [5, 5.41) is 12.0. The second-order valence-corrected chi connectivity index (χ2v) is 5.93. The zero-order valence-corrected chi connectivity index (χ0v) is 11.2. The first-order valence-electron chi connectivity index (χ1n) is 6.04. The Kier molecular flexibility index (Phi) is 3.11. The van der Waals surface area contributed by atoms with Gasteiger partial charge in [0.2, 0.25) is 0 Å². The van der Waals surface area contributed by atoms with Gasteiger partial charge >= 0.3 is 5.97 Å². The fourth-order valence-corrected chi connectivity index (χ4v) is 3.65. The van der Waals surface area contributed by atoms with Crippen LogP contribution in [-0.4, -0.2) is 28.0 Å². The van der Waals surface area contributed by atoms with Gasteiger partial charge in [0.25, 0.3) is 0 Å². The summed E-state index contributed by atoms with van der Waals surface area (Å²) in [4.78, 5) is 23.9. The van der Waals surface area contributed by atoms with E-state index < -0.39 is 17.1 Å². The number of allylic oxidation sites excluding steroid dienone is 2. The van der Waals surface area contributed by atoms with Crippen LogP contribution in [0.3, 0.4) is 0 Å². The smallest absolute Gasteiger partial charge is 0.335 e. The number of carbonyl (C=O) groups is 2. The zero-order chi connectivity index (χ0) is 14.3. The molecule has 0 radical (unpaired) electrons. The number of benzene rings is 1. The molecular weight excluding hydrogens is 278 g/mol. The average Bonchev–Trinajstić information content (AvgIpc) is 2.57. The van der Waals surface area contributed by atoms with Crippen molar-refractivity contribution in [3.05, 3.63) is 46.4 Å². The topological polar surface area (TPSA) is 89.5 Å². The molecule has 0 amide bonds. The molecule has 5 nitrogen and oxygen atoms in total. The molecule has 1 aromatic rings. The lowest BCUT2D eigenvalue weighted by molar-refractivity contribution is -0.114. The molecule has 0 bridgehead atoms. The van der Waals surface area contributed by atoms with Gasteiger partial charge in [0.15, 0.2) is 15.6 Å². The van der Waals surface area contributed by atoms with Crippen molar-refractivity contribution >= 4 is 28.6 Å². The fraction of sp³-hybridized carbons (Fsp3) is 0.143. The van der Waals surface area contributed by atoms with Crippen molar-refractivity contribution in [2.24, 2.45) is 0 Å². The van der Waals surface area contributed by atoms with Gasteiger partial charge in [0.05, 0.1) is 16.8 Å². The number of aromatic carboxylic acids is 1. The zero-order valence-electron chi connectivity index (χ0n) is 10.4. The summed E-state index contributed by atoms with van der Waals surface area (Å²) in [7, 11) is 0. The predicted octanol–water partition coefficient (Wildman–Crippen LogP) is 1.70. The van der Waals surface area contributed by atoms with Crippen LogP contribution in [0, 0.1) is 0 Å². The molecule has 20 heavy (non-hydrogen) atoms. The second kappa shape index (κ2) is 4.81. The van der Waals surface area contributed by atoms with Crippen LogP contribution in [-0.2, 0) is 16.0 Å². The third kappa shape index (κ3) is 2.03. The third-order valence-electron chi connectivity index (χ3n) is 3.29. The summed E-state index contributed by atoms with van der Waals surface area (Å²) in [6.45, 7) is 0.264. The maximum atomic E-state index is 12.6. The molecule has 1 heterocycles. The minimum absolute atomic E-state index is 0.0467. The van der Waals surface area contributed by atoms with Gasteiger partial charge in [-0.15, -0.1) is 0 Å². The summed E-state index contributed by atoms with van der Waals surface area (Å²) in [6, 6.07) is 4.40.